The number of nitrogens with one attached hydrogen (secondary N) is 1. The Kier molecular flexibility index (Phi) is 7.26. The summed E-state index contributed by atoms with van der Waals surface area (Å²) in [4.78, 5) is 33.6. The standard InChI is InChI=1S/C28H34FN9O2/c1-17(2)25-19-13-18(7-8-21(19)35-36(25)6)24-20(29)14-32-26(34-24)33-22-15-31-23(16-30-22)37-9-11-38(12-10-37)27(39)40-28(3,4)5/h7-8,13-17H,9-12H2,1-6H3,(H,30,32,33,34). The third-order valence-electron chi connectivity index (χ3n) is 6.58. The second-order valence-corrected chi connectivity index (χ2v) is 11.1. The van der Waals surface area contributed by atoms with Crippen LogP contribution >= 0.6 is 0 Å². The largest absolute Gasteiger partial charge is 0.444 e. The van der Waals surface area contributed by atoms with Crippen LogP contribution < -0.4 is 10.2 Å². The first-order valence-electron chi connectivity index (χ1n) is 13.3. The molecular weight excluding hydrogens is 513 g/mol. The summed E-state index contributed by atoms with van der Waals surface area (Å²) < 4.78 is 22.2. The van der Waals surface area contributed by atoms with Gasteiger partial charge in [-0.25, -0.2) is 29.1 Å². The lowest BCUT2D eigenvalue weighted by Crippen LogP contribution is -2.50. The average Bonchev–Trinajstić information content (AvgIpc) is 3.24. The molecule has 4 aromatic rings. The van der Waals surface area contributed by atoms with Crippen molar-refractivity contribution >= 4 is 34.6 Å². The summed E-state index contributed by atoms with van der Waals surface area (Å²) in [6.07, 6.45) is 4.07. The third kappa shape index (κ3) is 5.80. The monoisotopic (exact) mass is 547 g/mol. The maximum absolute atomic E-state index is 14.8. The summed E-state index contributed by atoms with van der Waals surface area (Å²) in [5, 5.41) is 8.55. The Morgan fingerprint density at radius 1 is 1.05 bits per heavy atom. The SMILES string of the molecule is CC(C)c1c2cc(-c3nc(Nc4cnc(N5CCN(C(=O)OC(C)(C)C)CC5)cn4)ncc3F)ccc2nn1C. The quantitative estimate of drug-likeness (QED) is 0.373. The van der Waals surface area contributed by atoms with Crippen molar-refractivity contribution in [1.82, 2.24) is 34.6 Å². The van der Waals surface area contributed by atoms with Crippen molar-refractivity contribution in [2.24, 2.45) is 7.05 Å². The molecule has 0 spiro atoms. The molecular formula is C28H34FN9O2. The highest BCUT2D eigenvalue weighted by Crippen LogP contribution is 2.30. The molecule has 0 unspecified atom stereocenters. The van der Waals surface area contributed by atoms with Crippen molar-refractivity contribution in [3.8, 4) is 11.3 Å². The van der Waals surface area contributed by atoms with Gasteiger partial charge < -0.3 is 19.9 Å². The Bertz CT molecular complexity index is 1520. The summed E-state index contributed by atoms with van der Waals surface area (Å²) in [7, 11) is 1.92. The molecule has 0 saturated carbocycles. The second-order valence-electron chi connectivity index (χ2n) is 11.1. The Morgan fingerprint density at radius 2 is 1.80 bits per heavy atom. The Balaban J connectivity index is 1.28. The molecule has 12 heteroatoms. The fourth-order valence-electron chi connectivity index (χ4n) is 4.79. The van der Waals surface area contributed by atoms with E-state index in [0.29, 0.717) is 43.4 Å². The van der Waals surface area contributed by atoms with Gasteiger partial charge in [0.2, 0.25) is 5.95 Å². The fraction of sp³-hybridized carbons (Fsp3) is 0.429. The van der Waals surface area contributed by atoms with Crippen LogP contribution in [-0.4, -0.2) is 72.5 Å². The van der Waals surface area contributed by atoms with Crippen molar-refractivity contribution in [3.05, 3.63) is 48.3 Å². The van der Waals surface area contributed by atoms with Crippen LogP contribution in [0.4, 0.5) is 26.8 Å². The van der Waals surface area contributed by atoms with Gasteiger partial charge in [-0.05, 0) is 38.8 Å². The zero-order valence-electron chi connectivity index (χ0n) is 23.6. The number of aryl methyl sites for hydroxylation is 1. The van der Waals surface area contributed by atoms with Crippen molar-refractivity contribution in [2.75, 3.05) is 36.4 Å². The number of fused-ring (bicyclic) bond motifs is 1. The molecule has 4 heterocycles. The maximum atomic E-state index is 14.8. The zero-order valence-corrected chi connectivity index (χ0v) is 23.6. The molecule has 0 atom stereocenters. The smallest absolute Gasteiger partial charge is 0.410 e. The molecule has 1 fully saturated rings. The number of anilines is 3. The fourth-order valence-corrected chi connectivity index (χ4v) is 4.79. The molecule has 1 aliphatic rings. The molecule has 0 bridgehead atoms. The van der Waals surface area contributed by atoms with Gasteiger partial charge in [-0.15, -0.1) is 0 Å². The van der Waals surface area contributed by atoms with Gasteiger partial charge in [0.05, 0.1) is 24.1 Å². The lowest BCUT2D eigenvalue weighted by Gasteiger charge is -2.36. The maximum Gasteiger partial charge on any atom is 0.410 e. The van der Waals surface area contributed by atoms with E-state index >= 15 is 0 Å². The van der Waals surface area contributed by atoms with Gasteiger partial charge in [0, 0.05) is 49.9 Å². The summed E-state index contributed by atoms with van der Waals surface area (Å²) >= 11 is 0. The van der Waals surface area contributed by atoms with Crippen molar-refractivity contribution in [1.29, 1.82) is 0 Å². The van der Waals surface area contributed by atoms with E-state index in [4.69, 9.17) is 4.74 Å². The van der Waals surface area contributed by atoms with Crippen molar-refractivity contribution in [3.63, 3.8) is 0 Å². The number of hydrogen-bond donors (Lipinski definition) is 1. The Morgan fingerprint density at radius 3 is 2.45 bits per heavy atom. The molecule has 0 radical (unpaired) electrons. The number of nitrogens with zero attached hydrogens (tertiary/aromatic N) is 8. The van der Waals surface area contributed by atoms with Gasteiger partial charge in [-0.3, -0.25) is 4.68 Å². The number of carbonyl (C=O) groups excluding carboxylic acids is 1. The van der Waals surface area contributed by atoms with E-state index in [-0.39, 0.29) is 23.7 Å². The average molecular weight is 548 g/mol. The van der Waals surface area contributed by atoms with Gasteiger partial charge in [-0.1, -0.05) is 19.9 Å². The number of benzene rings is 1. The van der Waals surface area contributed by atoms with Crippen LogP contribution in [0.15, 0.2) is 36.8 Å². The lowest BCUT2D eigenvalue weighted by molar-refractivity contribution is 0.0240. The minimum Gasteiger partial charge on any atom is -0.444 e. The summed E-state index contributed by atoms with van der Waals surface area (Å²) in [6.45, 7) is 12.1. The number of carbonyl (C=O) groups is 1. The van der Waals surface area contributed by atoms with Gasteiger partial charge in [0.1, 0.15) is 17.1 Å². The highest BCUT2D eigenvalue weighted by atomic mass is 19.1. The molecule has 1 amide bonds. The van der Waals surface area contributed by atoms with Crippen LogP contribution in [0, 0.1) is 5.82 Å². The number of piperazine rings is 1. The predicted octanol–water partition coefficient (Wildman–Crippen LogP) is 4.88. The highest BCUT2D eigenvalue weighted by Gasteiger charge is 2.26. The number of rotatable bonds is 5. The number of amides is 1. The molecule has 0 aliphatic carbocycles. The van der Waals surface area contributed by atoms with Gasteiger partial charge >= 0.3 is 6.09 Å². The van der Waals surface area contributed by atoms with Gasteiger partial charge in [0.25, 0.3) is 0 Å². The van der Waals surface area contributed by atoms with Crippen LogP contribution in [0.5, 0.6) is 0 Å². The third-order valence-corrected chi connectivity index (χ3v) is 6.58. The molecule has 1 N–H and O–H groups in total. The Labute approximate surface area is 232 Å². The van der Waals surface area contributed by atoms with E-state index < -0.39 is 11.4 Å². The molecule has 1 aromatic carbocycles. The minimum absolute atomic E-state index is 0.186. The van der Waals surface area contributed by atoms with E-state index in [1.807, 2.05) is 50.7 Å². The first-order chi connectivity index (χ1) is 19.0. The van der Waals surface area contributed by atoms with E-state index in [9.17, 15) is 9.18 Å². The van der Waals surface area contributed by atoms with Crippen molar-refractivity contribution in [2.45, 2.75) is 46.1 Å². The first kappa shape index (κ1) is 27.2. The summed E-state index contributed by atoms with van der Waals surface area (Å²) in [5.74, 6) is 1.07. The topological polar surface area (TPSA) is 114 Å². The number of hydrogen-bond acceptors (Lipinski definition) is 9. The molecule has 11 nitrogen and oxygen atoms in total. The van der Waals surface area contributed by atoms with Crippen LogP contribution in [-0.2, 0) is 11.8 Å². The molecule has 3 aromatic heterocycles. The summed E-state index contributed by atoms with van der Waals surface area (Å²) in [6, 6.07) is 5.61. The molecule has 40 heavy (non-hydrogen) atoms. The Hall–Kier alpha value is -4.35. The molecule has 5 rings (SSSR count). The molecule has 210 valence electrons. The lowest BCUT2D eigenvalue weighted by atomic mass is 10.0. The van der Waals surface area contributed by atoms with E-state index in [2.05, 4.69) is 49.1 Å². The van der Waals surface area contributed by atoms with E-state index in [0.717, 1.165) is 22.8 Å². The summed E-state index contributed by atoms with van der Waals surface area (Å²) in [5.41, 5.74) is 2.22. The van der Waals surface area contributed by atoms with E-state index in [1.54, 1.807) is 17.3 Å². The zero-order chi connectivity index (χ0) is 28.6. The minimum atomic E-state index is -0.526. The van der Waals surface area contributed by atoms with E-state index in [1.165, 1.54) is 0 Å². The predicted molar refractivity (Wildman–Crippen MR) is 151 cm³/mol. The molecule has 1 saturated heterocycles. The number of ether oxygens (including phenoxy) is 1. The van der Waals surface area contributed by atoms with Crippen molar-refractivity contribution < 1.29 is 13.9 Å². The highest BCUT2D eigenvalue weighted by molar-refractivity contribution is 5.87. The van der Waals surface area contributed by atoms with Gasteiger partial charge in [-0.2, -0.15) is 5.10 Å². The number of halogens is 1. The van der Waals surface area contributed by atoms with Crippen LogP contribution in [0.2, 0.25) is 0 Å². The van der Waals surface area contributed by atoms with Crippen LogP contribution in [0.3, 0.4) is 0 Å². The molecule has 1 aliphatic heterocycles. The van der Waals surface area contributed by atoms with Gasteiger partial charge in [0.15, 0.2) is 11.6 Å². The van der Waals surface area contributed by atoms with Crippen LogP contribution in [0.25, 0.3) is 22.2 Å². The second kappa shape index (κ2) is 10.7. The normalized spacial score (nSPS) is 14.2. The number of aromatic nitrogens is 6. The van der Waals surface area contributed by atoms with Crippen LogP contribution in [0.1, 0.15) is 46.2 Å². The first-order valence-corrected chi connectivity index (χ1v) is 13.3.